The third-order valence-electron chi connectivity index (χ3n) is 4.21. The summed E-state index contributed by atoms with van der Waals surface area (Å²) in [6, 6.07) is 31.6. The number of aliphatic hydroxyl groups is 1. The van der Waals surface area contributed by atoms with Crippen molar-refractivity contribution in [2.45, 2.75) is 12.6 Å². The normalized spacial score (nSPS) is 10.7. The number of hydrogen-bond acceptors (Lipinski definition) is 2. The van der Waals surface area contributed by atoms with Gasteiger partial charge < -0.3 is 5.11 Å². The fraction of sp³-hybridized carbons (Fsp3) is 0.182. The van der Waals surface area contributed by atoms with E-state index in [4.69, 9.17) is 0 Å². The maximum Gasteiger partial charge on any atom is 0.0605 e. The summed E-state index contributed by atoms with van der Waals surface area (Å²) >= 11 is 0. The summed E-state index contributed by atoms with van der Waals surface area (Å²) in [5, 5.41) is 9.62. The summed E-state index contributed by atoms with van der Waals surface area (Å²) in [5.74, 6) is 0. The van der Waals surface area contributed by atoms with E-state index in [9.17, 15) is 5.11 Å². The molecule has 0 spiro atoms. The molecule has 3 rings (SSSR count). The average molecular weight is 354 g/mol. The summed E-state index contributed by atoms with van der Waals surface area (Å²) < 4.78 is 0. The van der Waals surface area contributed by atoms with Gasteiger partial charge in [-0.15, -0.1) is 12.4 Å². The number of halogens is 1. The summed E-state index contributed by atoms with van der Waals surface area (Å²) in [6.07, 6.45) is 0. The molecule has 0 atom stereocenters. The molecule has 0 bridgehead atoms. The van der Waals surface area contributed by atoms with Crippen molar-refractivity contribution in [2.24, 2.45) is 0 Å². The highest BCUT2D eigenvalue weighted by Gasteiger charge is 2.22. The monoisotopic (exact) mass is 353 g/mol. The lowest BCUT2D eigenvalue weighted by atomic mass is 9.96. The van der Waals surface area contributed by atoms with E-state index in [2.05, 4.69) is 77.7 Å². The van der Waals surface area contributed by atoms with Crippen LogP contribution in [0.1, 0.15) is 22.7 Å². The van der Waals surface area contributed by atoms with E-state index in [1.807, 2.05) is 18.2 Å². The summed E-state index contributed by atoms with van der Waals surface area (Å²) in [6.45, 7) is 1.57. The first-order valence-corrected chi connectivity index (χ1v) is 8.37. The van der Waals surface area contributed by atoms with Crippen LogP contribution in [0.2, 0.25) is 0 Å². The van der Waals surface area contributed by atoms with Crippen molar-refractivity contribution in [3.8, 4) is 0 Å². The smallest absolute Gasteiger partial charge is 0.0605 e. The SMILES string of the molecule is Cl.OCCN(Cc1ccccc1)C(c1ccccc1)c1ccccc1. The minimum Gasteiger partial charge on any atom is -0.395 e. The van der Waals surface area contributed by atoms with Crippen LogP contribution in [0.4, 0.5) is 0 Å². The lowest BCUT2D eigenvalue weighted by molar-refractivity contribution is 0.161. The number of benzene rings is 3. The van der Waals surface area contributed by atoms with Crippen molar-refractivity contribution in [1.82, 2.24) is 4.90 Å². The van der Waals surface area contributed by atoms with Gasteiger partial charge in [0.2, 0.25) is 0 Å². The Bertz CT molecular complexity index is 679. The van der Waals surface area contributed by atoms with Gasteiger partial charge >= 0.3 is 0 Å². The van der Waals surface area contributed by atoms with Crippen LogP contribution in [0.5, 0.6) is 0 Å². The Labute approximate surface area is 156 Å². The van der Waals surface area contributed by atoms with Gasteiger partial charge in [0, 0.05) is 13.1 Å². The zero-order valence-corrected chi connectivity index (χ0v) is 15.0. The Hall–Kier alpha value is -2.13. The van der Waals surface area contributed by atoms with Crippen LogP contribution in [0.25, 0.3) is 0 Å². The first kappa shape index (κ1) is 19.2. The van der Waals surface area contributed by atoms with Crippen molar-refractivity contribution in [3.63, 3.8) is 0 Å². The second-order valence-electron chi connectivity index (χ2n) is 5.90. The Morgan fingerprint density at radius 2 is 1.12 bits per heavy atom. The minimum atomic E-state index is 0. The van der Waals surface area contributed by atoms with Crippen LogP contribution in [-0.2, 0) is 6.54 Å². The molecule has 3 aromatic carbocycles. The van der Waals surface area contributed by atoms with E-state index in [-0.39, 0.29) is 25.1 Å². The molecular weight excluding hydrogens is 330 g/mol. The van der Waals surface area contributed by atoms with Crippen LogP contribution >= 0.6 is 12.4 Å². The Morgan fingerprint density at radius 1 is 0.680 bits per heavy atom. The van der Waals surface area contributed by atoms with Gasteiger partial charge in [-0.25, -0.2) is 0 Å². The van der Waals surface area contributed by atoms with Gasteiger partial charge in [-0.2, -0.15) is 0 Å². The Kier molecular flexibility index (Phi) is 7.68. The molecule has 0 unspecified atom stereocenters. The van der Waals surface area contributed by atoms with E-state index in [0.717, 1.165) is 6.54 Å². The third kappa shape index (κ3) is 5.17. The predicted molar refractivity (Wildman–Crippen MR) is 106 cm³/mol. The molecular formula is C22H24ClNO. The molecule has 0 aliphatic rings. The lowest BCUT2D eigenvalue weighted by Gasteiger charge is -2.32. The van der Waals surface area contributed by atoms with Gasteiger partial charge in [-0.05, 0) is 16.7 Å². The predicted octanol–water partition coefficient (Wildman–Crippen LogP) is 4.69. The summed E-state index contributed by atoms with van der Waals surface area (Å²) in [5.41, 5.74) is 3.74. The maximum absolute atomic E-state index is 9.62. The van der Waals surface area contributed by atoms with Crippen molar-refractivity contribution in [2.75, 3.05) is 13.2 Å². The maximum atomic E-state index is 9.62. The molecule has 0 heterocycles. The molecule has 0 aliphatic heterocycles. The van der Waals surface area contributed by atoms with E-state index >= 15 is 0 Å². The molecule has 3 heteroatoms. The first-order chi connectivity index (χ1) is 11.9. The summed E-state index contributed by atoms with van der Waals surface area (Å²) in [7, 11) is 0. The van der Waals surface area contributed by atoms with Crippen LogP contribution in [-0.4, -0.2) is 23.2 Å². The zero-order chi connectivity index (χ0) is 16.6. The lowest BCUT2D eigenvalue weighted by Crippen LogP contribution is -2.31. The summed E-state index contributed by atoms with van der Waals surface area (Å²) in [4.78, 5) is 2.33. The Morgan fingerprint density at radius 3 is 1.56 bits per heavy atom. The molecule has 2 nitrogen and oxygen atoms in total. The van der Waals surface area contributed by atoms with E-state index in [1.54, 1.807) is 0 Å². The zero-order valence-electron chi connectivity index (χ0n) is 14.2. The van der Waals surface area contributed by atoms with Gasteiger partial charge in [0.05, 0.1) is 12.6 Å². The van der Waals surface area contributed by atoms with E-state index < -0.39 is 0 Å². The molecule has 0 amide bonds. The second-order valence-corrected chi connectivity index (χ2v) is 5.90. The van der Waals surface area contributed by atoms with Gasteiger partial charge in [-0.3, -0.25) is 4.90 Å². The fourth-order valence-electron chi connectivity index (χ4n) is 3.13. The highest BCUT2D eigenvalue weighted by atomic mass is 35.5. The fourth-order valence-corrected chi connectivity index (χ4v) is 3.13. The van der Waals surface area contributed by atoms with Crippen molar-refractivity contribution in [1.29, 1.82) is 0 Å². The van der Waals surface area contributed by atoms with Crippen LogP contribution in [0, 0.1) is 0 Å². The van der Waals surface area contributed by atoms with Crippen LogP contribution < -0.4 is 0 Å². The molecule has 0 aliphatic carbocycles. The largest absolute Gasteiger partial charge is 0.395 e. The molecule has 0 radical (unpaired) electrons. The van der Waals surface area contributed by atoms with Gasteiger partial charge in [0.15, 0.2) is 0 Å². The van der Waals surface area contributed by atoms with Crippen molar-refractivity contribution in [3.05, 3.63) is 108 Å². The van der Waals surface area contributed by atoms with E-state index in [1.165, 1.54) is 16.7 Å². The number of hydrogen-bond donors (Lipinski definition) is 1. The van der Waals surface area contributed by atoms with Gasteiger partial charge in [-0.1, -0.05) is 91.0 Å². The molecule has 0 saturated heterocycles. The molecule has 0 saturated carbocycles. The standard InChI is InChI=1S/C22H23NO.ClH/c24-17-16-23(18-19-10-4-1-5-11-19)22(20-12-6-2-7-13-20)21-14-8-3-9-15-21;/h1-15,22,24H,16-18H2;1H. The number of rotatable bonds is 7. The first-order valence-electron chi connectivity index (χ1n) is 8.37. The Balaban J connectivity index is 0.00000225. The molecule has 1 N–H and O–H groups in total. The number of nitrogens with zero attached hydrogens (tertiary/aromatic N) is 1. The molecule has 3 aromatic rings. The van der Waals surface area contributed by atoms with Gasteiger partial charge in [0.25, 0.3) is 0 Å². The number of aliphatic hydroxyl groups excluding tert-OH is 1. The molecule has 130 valence electrons. The topological polar surface area (TPSA) is 23.5 Å². The average Bonchev–Trinajstić information content (AvgIpc) is 2.65. The van der Waals surface area contributed by atoms with Crippen molar-refractivity contribution >= 4 is 12.4 Å². The highest BCUT2D eigenvalue weighted by Crippen LogP contribution is 2.29. The van der Waals surface area contributed by atoms with Crippen LogP contribution in [0.15, 0.2) is 91.0 Å². The molecule has 0 fully saturated rings. The van der Waals surface area contributed by atoms with E-state index in [0.29, 0.717) is 6.54 Å². The quantitative estimate of drug-likeness (QED) is 0.666. The molecule has 0 aromatic heterocycles. The minimum absolute atomic E-state index is 0. The van der Waals surface area contributed by atoms with Gasteiger partial charge in [0.1, 0.15) is 0 Å². The third-order valence-corrected chi connectivity index (χ3v) is 4.21. The van der Waals surface area contributed by atoms with Crippen molar-refractivity contribution < 1.29 is 5.11 Å². The second kappa shape index (κ2) is 10.00. The highest BCUT2D eigenvalue weighted by molar-refractivity contribution is 5.85. The molecule has 25 heavy (non-hydrogen) atoms. The van der Waals surface area contributed by atoms with Crippen LogP contribution in [0.3, 0.4) is 0 Å².